The summed E-state index contributed by atoms with van der Waals surface area (Å²) in [6.07, 6.45) is 5.01. The number of rotatable bonds is 10. The summed E-state index contributed by atoms with van der Waals surface area (Å²) >= 11 is 0. The third-order valence-corrected chi connectivity index (χ3v) is 8.56. The fourth-order valence-electron chi connectivity index (χ4n) is 3.70. The van der Waals surface area contributed by atoms with E-state index in [0.29, 0.717) is 13.2 Å². The standard InChI is InChI=1S/C20H37NO3Si/c1-6-22-20(23-7-2)18-12-13-19(24-18)25(4,5)16-10-15-21-14-9-8-11-17(21)3/h12-13,17,20H,6-11,14-16H2,1-5H3. The van der Waals surface area contributed by atoms with Crippen molar-refractivity contribution in [1.82, 2.24) is 4.90 Å². The van der Waals surface area contributed by atoms with Crippen molar-refractivity contribution in [3.8, 4) is 0 Å². The number of hydrogen-bond donors (Lipinski definition) is 0. The van der Waals surface area contributed by atoms with E-state index in [0.717, 1.165) is 11.8 Å². The highest BCUT2D eigenvalue weighted by Crippen LogP contribution is 2.23. The van der Waals surface area contributed by atoms with E-state index in [9.17, 15) is 0 Å². The Morgan fingerprint density at radius 1 is 1.20 bits per heavy atom. The van der Waals surface area contributed by atoms with Crippen LogP contribution in [-0.2, 0) is 9.47 Å². The Kier molecular flexibility index (Phi) is 8.20. The molecular weight excluding hydrogens is 330 g/mol. The van der Waals surface area contributed by atoms with Crippen LogP contribution in [0.15, 0.2) is 16.5 Å². The monoisotopic (exact) mass is 367 g/mol. The molecule has 0 amide bonds. The molecule has 1 atom stereocenters. The summed E-state index contributed by atoms with van der Waals surface area (Å²) in [5, 5.41) is 1.17. The van der Waals surface area contributed by atoms with Crippen LogP contribution in [-0.4, -0.2) is 45.3 Å². The molecule has 1 aliphatic heterocycles. The average Bonchev–Trinajstić information content (AvgIpc) is 3.07. The van der Waals surface area contributed by atoms with Crippen LogP contribution in [0, 0.1) is 0 Å². The van der Waals surface area contributed by atoms with Crippen molar-refractivity contribution in [1.29, 1.82) is 0 Å². The molecule has 2 heterocycles. The van der Waals surface area contributed by atoms with E-state index < -0.39 is 8.07 Å². The molecule has 0 aromatic carbocycles. The Labute approximate surface area is 154 Å². The molecule has 1 saturated heterocycles. The largest absolute Gasteiger partial charge is 0.466 e. The van der Waals surface area contributed by atoms with Crippen LogP contribution in [0.4, 0.5) is 0 Å². The van der Waals surface area contributed by atoms with Gasteiger partial charge >= 0.3 is 0 Å². The van der Waals surface area contributed by atoms with Crippen molar-refractivity contribution >= 4 is 13.5 Å². The van der Waals surface area contributed by atoms with Crippen LogP contribution in [0.3, 0.4) is 0 Å². The predicted molar refractivity (Wildman–Crippen MR) is 106 cm³/mol. The zero-order valence-electron chi connectivity index (χ0n) is 16.8. The molecule has 4 nitrogen and oxygen atoms in total. The molecule has 1 aliphatic rings. The zero-order chi connectivity index (χ0) is 18.3. The van der Waals surface area contributed by atoms with Gasteiger partial charge in [0.15, 0.2) is 5.76 Å². The molecule has 0 N–H and O–H groups in total. The van der Waals surface area contributed by atoms with Gasteiger partial charge in [-0.25, -0.2) is 0 Å². The smallest absolute Gasteiger partial charge is 0.217 e. The maximum absolute atomic E-state index is 6.18. The van der Waals surface area contributed by atoms with Crippen molar-refractivity contribution in [2.75, 3.05) is 26.3 Å². The second-order valence-electron chi connectivity index (χ2n) is 7.81. The highest BCUT2D eigenvalue weighted by atomic mass is 28.3. The number of likely N-dealkylation sites (tertiary alicyclic amines) is 1. The lowest BCUT2D eigenvalue weighted by atomic mass is 10.0. The first-order valence-corrected chi connectivity index (χ1v) is 13.3. The Balaban J connectivity index is 1.90. The molecule has 0 radical (unpaired) electrons. The van der Waals surface area contributed by atoms with E-state index in [2.05, 4.69) is 31.0 Å². The van der Waals surface area contributed by atoms with Crippen LogP contribution in [0.25, 0.3) is 0 Å². The predicted octanol–water partition coefficient (Wildman–Crippen LogP) is 4.53. The fraction of sp³-hybridized carbons (Fsp3) is 0.800. The van der Waals surface area contributed by atoms with Crippen molar-refractivity contribution in [2.24, 2.45) is 0 Å². The average molecular weight is 368 g/mol. The first-order chi connectivity index (χ1) is 12.0. The summed E-state index contributed by atoms with van der Waals surface area (Å²) in [6, 6.07) is 6.20. The zero-order valence-corrected chi connectivity index (χ0v) is 17.8. The Morgan fingerprint density at radius 3 is 2.56 bits per heavy atom. The molecule has 144 valence electrons. The molecule has 25 heavy (non-hydrogen) atoms. The van der Waals surface area contributed by atoms with Crippen LogP contribution >= 0.6 is 0 Å². The van der Waals surface area contributed by atoms with Crippen molar-refractivity contribution in [3.63, 3.8) is 0 Å². The van der Waals surface area contributed by atoms with E-state index in [-0.39, 0.29) is 6.29 Å². The lowest BCUT2D eigenvalue weighted by Crippen LogP contribution is -2.42. The van der Waals surface area contributed by atoms with Gasteiger partial charge in [0, 0.05) is 19.3 Å². The van der Waals surface area contributed by atoms with Gasteiger partial charge in [0.05, 0.1) is 5.38 Å². The molecule has 1 unspecified atom stereocenters. The molecular formula is C20H37NO3Si. The second-order valence-corrected chi connectivity index (χ2v) is 12.6. The lowest BCUT2D eigenvalue weighted by molar-refractivity contribution is -0.150. The summed E-state index contributed by atoms with van der Waals surface area (Å²) in [7, 11) is -1.56. The SMILES string of the molecule is CCOC(OCC)c1ccc([Si](C)(C)CCCN2CCCCC2C)o1. The third kappa shape index (κ3) is 5.95. The number of piperidine rings is 1. The molecule has 1 aromatic heterocycles. The van der Waals surface area contributed by atoms with Gasteiger partial charge < -0.3 is 18.8 Å². The minimum Gasteiger partial charge on any atom is -0.466 e. The second kappa shape index (κ2) is 9.90. The van der Waals surface area contributed by atoms with Gasteiger partial charge in [-0.1, -0.05) is 19.5 Å². The third-order valence-electron chi connectivity index (χ3n) is 5.35. The minimum atomic E-state index is -1.56. The molecule has 0 spiro atoms. The van der Waals surface area contributed by atoms with Gasteiger partial charge in [-0.2, -0.15) is 0 Å². The van der Waals surface area contributed by atoms with E-state index in [1.54, 1.807) is 0 Å². The summed E-state index contributed by atoms with van der Waals surface area (Å²) in [4.78, 5) is 2.67. The summed E-state index contributed by atoms with van der Waals surface area (Å²) in [6.45, 7) is 14.9. The fourth-order valence-corrected chi connectivity index (χ4v) is 5.91. The summed E-state index contributed by atoms with van der Waals surface area (Å²) in [5.74, 6) is 0.809. The molecule has 1 aromatic rings. The van der Waals surface area contributed by atoms with E-state index >= 15 is 0 Å². The number of furan rings is 1. The molecule has 0 bridgehead atoms. The molecule has 1 fully saturated rings. The lowest BCUT2D eigenvalue weighted by Gasteiger charge is -2.34. The quantitative estimate of drug-likeness (QED) is 0.449. The minimum absolute atomic E-state index is 0.372. The van der Waals surface area contributed by atoms with Gasteiger partial charge in [-0.3, -0.25) is 0 Å². The molecule has 0 saturated carbocycles. The molecule has 5 heteroatoms. The van der Waals surface area contributed by atoms with Gasteiger partial charge in [0.1, 0.15) is 8.07 Å². The highest BCUT2D eigenvalue weighted by molar-refractivity contribution is 6.88. The van der Waals surface area contributed by atoms with Crippen LogP contribution in [0.1, 0.15) is 58.5 Å². The Bertz CT molecular complexity index is 497. The van der Waals surface area contributed by atoms with Gasteiger partial charge in [-0.15, -0.1) is 0 Å². The van der Waals surface area contributed by atoms with Crippen LogP contribution < -0.4 is 5.38 Å². The van der Waals surface area contributed by atoms with E-state index in [4.69, 9.17) is 13.9 Å². The van der Waals surface area contributed by atoms with Gasteiger partial charge in [-0.05, 0) is 71.3 Å². The number of nitrogens with zero attached hydrogens (tertiary/aromatic N) is 1. The number of ether oxygens (including phenoxy) is 2. The maximum atomic E-state index is 6.18. The highest BCUT2D eigenvalue weighted by Gasteiger charge is 2.29. The first-order valence-electron chi connectivity index (χ1n) is 10.1. The normalized spacial score (nSPS) is 19.7. The maximum Gasteiger partial charge on any atom is 0.217 e. The Morgan fingerprint density at radius 2 is 1.92 bits per heavy atom. The molecule has 2 rings (SSSR count). The van der Waals surface area contributed by atoms with Crippen molar-refractivity contribution in [2.45, 2.75) is 77.9 Å². The first kappa shape index (κ1) is 20.7. The topological polar surface area (TPSA) is 34.8 Å². The Hall–Kier alpha value is -0.623. The summed E-state index contributed by atoms with van der Waals surface area (Å²) < 4.78 is 17.5. The van der Waals surface area contributed by atoms with Crippen molar-refractivity contribution < 1.29 is 13.9 Å². The van der Waals surface area contributed by atoms with Crippen LogP contribution in [0.2, 0.25) is 19.1 Å². The van der Waals surface area contributed by atoms with E-state index in [1.807, 2.05) is 19.9 Å². The van der Waals surface area contributed by atoms with E-state index in [1.165, 1.54) is 50.2 Å². The van der Waals surface area contributed by atoms with Crippen LogP contribution in [0.5, 0.6) is 0 Å². The van der Waals surface area contributed by atoms with Crippen molar-refractivity contribution in [3.05, 3.63) is 17.9 Å². The summed E-state index contributed by atoms with van der Waals surface area (Å²) in [5.41, 5.74) is 0. The number of hydrogen-bond acceptors (Lipinski definition) is 4. The van der Waals surface area contributed by atoms with Gasteiger partial charge in [0.25, 0.3) is 0 Å². The van der Waals surface area contributed by atoms with Gasteiger partial charge in [0.2, 0.25) is 6.29 Å². The molecule has 0 aliphatic carbocycles.